The molecule has 1 saturated heterocycles. The Bertz CT molecular complexity index is 521. The second-order valence-corrected chi connectivity index (χ2v) is 7.68. The lowest BCUT2D eigenvalue weighted by atomic mass is 10.1. The third-order valence-corrected chi connectivity index (χ3v) is 5.19. The van der Waals surface area contributed by atoms with E-state index in [1.165, 1.54) is 18.4 Å². The quantitative estimate of drug-likeness (QED) is 0.667. The fourth-order valence-corrected chi connectivity index (χ4v) is 4.03. The van der Waals surface area contributed by atoms with E-state index in [1.54, 1.807) is 11.8 Å². The van der Waals surface area contributed by atoms with Gasteiger partial charge >= 0.3 is 5.97 Å². The van der Waals surface area contributed by atoms with E-state index >= 15 is 0 Å². The average Bonchev–Trinajstić information content (AvgIpc) is 2.55. The van der Waals surface area contributed by atoms with E-state index in [-0.39, 0.29) is 12.1 Å². The van der Waals surface area contributed by atoms with Crippen LogP contribution in [0.5, 0.6) is 5.75 Å². The number of rotatable bonds is 8. The summed E-state index contributed by atoms with van der Waals surface area (Å²) in [5.74, 6) is 1.34. The molecule has 1 aliphatic rings. The lowest BCUT2D eigenvalue weighted by molar-refractivity contribution is -0.139. The summed E-state index contributed by atoms with van der Waals surface area (Å²) < 4.78 is 10.9. The topological polar surface area (TPSA) is 38.8 Å². The third-order valence-electron chi connectivity index (χ3n) is 3.93. The Morgan fingerprint density at radius 2 is 2.17 bits per heavy atom. The van der Waals surface area contributed by atoms with Crippen molar-refractivity contribution in [3.05, 3.63) is 29.8 Å². The minimum atomic E-state index is -0.102. The van der Waals surface area contributed by atoms with Crippen molar-refractivity contribution in [1.82, 2.24) is 4.90 Å². The molecular formula is C19H29NO3S. The molecule has 0 N–H and O–H groups in total. The summed E-state index contributed by atoms with van der Waals surface area (Å²) >= 11 is 1.73. The van der Waals surface area contributed by atoms with Gasteiger partial charge in [0.05, 0.1) is 18.5 Å². The van der Waals surface area contributed by atoms with Gasteiger partial charge in [0.15, 0.2) is 0 Å². The van der Waals surface area contributed by atoms with Crippen molar-refractivity contribution >= 4 is 17.7 Å². The number of para-hydroxylation sites is 1. The number of nitrogens with zero attached hydrogens (tertiary/aromatic N) is 1. The summed E-state index contributed by atoms with van der Waals surface area (Å²) in [4.78, 5) is 14.0. The van der Waals surface area contributed by atoms with Crippen molar-refractivity contribution in [2.75, 3.05) is 25.4 Å². The first-order valence-corrected chi connectivity index (χ1v) is 9.87. The fraction of sp³-hybridized carbons (Fsp3) is 0.632. The Balaban J connectivity index is 1.88. The number of thioether (sulfide) groups is 1. The van der Waals surface area contributed by atoms with Crippen molar-refractivity contribution in [1.29, 1.82) is 0 Å². The summed E-state index contributed by atoms with van der Waals surface area (Å²) in [5, 5.41) is 0.501. The van der Waals surface area contributed by atoms with Gasteiger partial charge in [-0.25, -0.2) is 0 Å². The number of piperidine rings is 1. The van der Waals surface area contributed by atoms with Crippen LogP contribution in [0.1, 0.15) is 39.2 Å². The molecule has 0 spiro atoms. The van der Waals surface area contributed by atoms with Crippen LogP contribution in [0.3, 0.4) is 0 Å². The van der Waals surface area contributed by atoms with E-state index in [1.807, 2.05) is 19.1 Å². The summed E-state index contributed by atoms with van der Waals surface area (Å²) in [7, 11) is 0. The Morgan fingerprint density at radius 1 is 1.38 bits per heavy atom. The first kappa shape index (κ1) is 19.1. The normalized spacial score (nSPS) is 18.6. The first-order chi connectivity index (χ1) is 11.6. The second-order valence-electron chi connectivity index (χ2n) is 6.39. The molecule has 24 heavy (non-hydrogen) atoms. The molecule has 0 aliphatic carbocycles. The molecule has 2 rings (SSSR count). The lowest BCUT2D eigenvalue weighted by Gasteiger charge is -2.32. The van der Waals surface area contributed by atoms with Crippen LogP contribution in [0.25, 0.3) is 0 Å². The van der Waals surface area contributed by atoms with E-state index in [2.05, 4.69) is 30.9 Å². The molecule has 4 nitrogen and oxygen atoms in total. The van der Waals surface area contributed by atoms with Crippen LogP contribution >= 0.6 is 11.8 Å². The molecule has 134 valence electrons. The zero-order valence-corrected chi connectivity index (χ0v) is 15.8. The summed E-state index contributed by atoms with van der Waals surface area (Å²) in [5.41, 5.74) is 1.24. The smallest absolute Gasteiger partial charge is 0.315 e. The van der Waals surface area contributed by atoms with Gasteiger partial charge in [-0.2, -0.15) is 0 Å². The molecule has 5 heteroatoms. The molecular weight excluding hydrogens is 322 g/mol. The van der Waals surface area contributed by atoms with E-state index < -0.39 is 0 Å². The lowest BCUT2D eigenvalue weighted by Crippen LogP contribution is -2.37. The van der Waals surface area contributed by atoms with E-state index in [0.717, 1.165) is 25.4 Å². The van der Waals surface area contributed by atoms with Gasteiger partial charge < -0.3 is 9.47 Å². The molecule has 0 radical (unpaired) electrons. The summed E-state index contributed by atoms with van der Waals surface area (Å²) in [6, 6.07) is 8.29. The van der Waals surface area contributed by atoms with Crippen LogP contribution in [-0.2, 0) is 16.1 Å². The predicted molar refractivity (Wildman–Crippen MR) is 99.6 cm³/mol. The van der Waals surface area contributed by atoms with Crippen molar-refractivity contribution in [2.45, 2.75) is 51.5 Å². The fourth-order valence-electron chi connectivity index (χ4n) is 2.93. The number of hydrogen-bond donors (Lipinski definition) is 0. The highest BCUT2D eigenvalue weighted by Gasteiger charge is 2.22. The van der Waals surface area contributed by atoms with Gasteiger partial charge in [0, 0.05) is 23.9 Å². The van der Waals surface area contributed by atoms with E-state index in [9.17, 15) is 4.79 Å². The standard InChI is InChI=1S/C19H29NO3S/c1-4-22-19(21)14-24-17-9-7-11-20(13-17)12-16-8-5-6-10-18(16)23-15(2)3/h5-6,8,10,15,17H,4,7,9,11-14H2,1-3H3. The van der Waals surface area contributed by atoms with Gasteiger partial charge in [-0.15, -0.1) is 11.8 Å². The number of carbonyl (C=O) groups is 1. The predicted octanol–water partition coefficient (Wildman–Crippen LogP) is 3.73. The second kappa shape index (κ2) is 9.94. The molecule has 1 aromatic rings. The molecule has 1 aromatic carbocycles. The van der Waals surface area contributed by atoms with Crippen LogP contribution in [0.4, 0.5) is 0 Å². The number of likely N-dealkylation sites (tertiary alicyclic amines) is 1. The van der Waals surface area contributed by atoms with Crippen molar-refractivity contribution < 1.29 is 14.3 Å². The first-order valence-electron chi connectivity index (χ1n) is 8.82. The minimum Gasteiger partial charge on any atom is -0.491 e. The van der Waals surface area contributed by atoms with Crippen LogP contribution in [0.2, 0.25) is 0 Å². The molecule has 0 amide bonds. The molecule has 1 unspecified atom stereocenters. The number of benzene rings is 1. The van der Waals surface area contributed by atoms with Gasteiger partial charge in [-0.05, 0) is 46.2 Å². The zero-order chi connectivity index (χ0) is 17.4. The Labute approximate surface area is 149 Å². The molecule has 1 aliphatic heterocycles. The molecule has 1 fully saturated rings. The molecule has 0 saturated carbocycles. The van der Waals surface area contributed by atoms with Crippen molar-refractivity contribution in [3.63, 3.8) is 0 Å². The molecule has 1 heterocycles. The van der Waals surface area contributed by atoms with Crippen LogP contribution in [0.15, 0.2) is 24.3 Å². The minimum absolute atomic E-state index is 0.102. The van der Waals surface area contributed by atoms with E-state index in [0.29, 0.717) is 17.6 Å². The monoisotopic (exact) mass is 351 g/mol. The Morgan fingerprint density at radius 3 is 2.92 bits per heavy atom. The molecule has 1 atom stereocenters. The van der Waals surface area contributed by atoms with E-state index in [4.69, 9.17) is 9.47 Å². The van der Waals surface area contributed by atoms with Crippen molar-refractivity contribution in [3.8, 4) is 5.75 Å². The number of hydrogen-bond acceptors (Lipinski definition) is 5. The van der Waals surface area contributed by atoms with Crippen LogP contribution < -0.4 is 4.74 Å². The maximum Gasteiger partial charge on any atom is 0.315 e. The zero-order valence-electron chi connectivity index (χ0n) is 15.0. The molecule has 0 aromatic heterocycles. The average molecular weight is 352 g/mol. The Kier molecular flexibility index (Phi) is 7.92. The SMILES string of the molecule is CCOC(=O)CSC1CCCN(Cc2ccccc2OC(C)C)C1. The van der Waals surface area contributed by atoms with Gasteiger partial charge in [-0.3, -0.25) is 9.69 Å². The van der Waals surface area contributed by atoms with Gasteiger partial charge in [-0.1, -0.05) is 18.2 Å². The van der Waals surface area contributed by atoms with Crippen LogP contribution in [-0.4, -0.2) is 47.7 Å². The number of esters is 1. The largest absolute Gasteiger partial charge is 0.491 e. The Hall–Kier alpha value is -1.20. The maximum atomic E-state index is 11.5. The molecule has 0 bridgehead atoms. The third kappa shape index (κ3) is 6.36. The maximum absolute atomic E-state index is 11.5. The highest BCUT2D eigenvalue weighted by atomic mass is 32.2. The summed E-state index contributed by atoms with van der Waals surface area (Å²) in [6.45, 7) is 9.44. The number of ether oxygens (including phenoxy) is 2. The highest BCUT2D eigenvalue weighted by Crippen LogP contribution is 2.26. The highest BCUT2D eigenvalue weighted by molar-refractivity contribution is 8.00. The summed E-state index contributed by atoms with van der Waals surface area (Å²) in [6.07, 6.45) is 2.53. The number of carbonyl (C=O) groups excluding carboxylic acids is 1. The van der Waals surface area contributed by atoms with Crippen molar-refractivity contribution in [2.24, 2.45) is 0 Å². The van der Waals surface area contributed by atoms with Crippen LogP contribution in [0, 0.1) is 0 Å². The van der Waals surface area contributed by atoms with Gasteiger partial charge in [0.25, 0.3) is 0 Å². The van der Waals surface area contributed by atoms with Gasteiger partial charge in [0.1, 0.15) is 5.75 Å². The van der Waals surface area contributed by atoms with Gasteiger partial charge in [0.2, 0.25) is 0 Å².